The van der Waals surface area contributed by atoms with Crippen LogP contribution in [0.15, 0.2) is 33.2 Å². The molecule has 0 aliphatic carbocycles. The molecule has 2 rings (SSSR count). The Hall–Kier alpha value is -1.75. The van der Waals surface area contributed by atoms with Gasteiger partial charge in [0.25, 0.3) is 5.91 Å². The number of carbonyl (C=O) groups excluding carboxylic acids is 1. The smallest absolute Gasteiger partial charge is 0.259 e. The maximum Gasteiger partial charge on any atom is 0.259 e. The van der Waals surface area contributed by atoms with E-state index in [1.165, 1.54) is 0 Å². The number of halogens is 1. The maximum absolute atomic E-state index is 12.2. The third-order valence-electron chi connectivity index (χ3n) is 2.70. The molecule has 0 saturated heterocycles. The molecule has 0 saturated carbocycles. The highest BCUT2D eigenvalue weighted by molar-refractivity contribution is 9.10. The van der Waals surface area contributed by atoms with Crippen LogP contribution >= 0.6 is 15.9 Å². The highest BCUT2D eigenvalue weighted by atomic mass is 79.9. The van der Waals surface area contributed by atoms with Crippen molar-refractivity contribution in [3.63, 3.8) is 0 Å². The highest BCUT2D eigenvalue weighted by Crippen LogP contribution is 2.28. The molecule has 4 nitrogen and oxygen atoms in total. The fourth-order valence-electron chi connectivity index (χ4n) is 1.82. The second-order valence-electron chi connectivity index (χ2n) is 4.13. The lowest BCUT2D eigenvalue weighted by Gasteiger charge is -2.10. The largest absolute Gasteiger partial charge is 0.495 e. The molecule has 2 aromatic rings. The van der Waals surface area contributed by atoms with Crippen molar-refractivity contribution >= 4 is 27.5 Å². The number of methoxy groups -OCH3 is 1. The van der Waals surface area contributed by atoms with Gasteiger partial charge in [0.1, 0.15) is 17.3 Å². The Morgan fingerprint density at radius 3 is 2.63 bits per heavy atom. The van der Waals surface area contributed by atoms with Crippen LogP contribution in [0.3, 0.4) is 0 Å². The Labute approximate surface area is 119 Å². The molecule has 5 heteroatoms. The molecule has 19 heavy (non-hydrogen) atoms. The zero-order chi connectivity index (χ0) is 14.0. The minimum Gasteiger partial charge on any atom is -0.495 e. The van der Waals surface area contributed by atoms with Crippen LogP contribution in [0.5, 0.6) is 5.75 Å². The van der Waals surface area contributed by atoms with Crippen LogP contribution in [-0.2, 0) is 0 Å². The van der Waals surface area contributed by atoms with E-state index in [9.17, 15) is 4.79 Å². The molecule has 0 radical (unpaired) electrons. The van der Waals surface area contributed by atoms with Gasteiger partial charge in [-0.25, -0.2) is 0 Å². The second kappa shape index (κ2) is 5.48. The normalized spacial score (nSPS) is 10.3. The SMILES string of the molecule is COc1ccc(Br)cc1NC(=O)c1cc(C)oc1C. The van der Waals surface area contributed by atoms with E-state index in [2.05, 4.69) is 21.2 Å². The molecule has 100 valence electrons. The van der Waals surface area contributed by atoms with E-state index in [1.807, 2.05) is 13.0 Å². The van der Waals surface area contributed by atoms with Gasteiger partial charge < -0.3 is 14.5 Å². The number of carbonyl (C=O) groups is 1. The summed E-state index contributed by atoms with van der Waals surface area (Å²) in [5.41, 5.74) is 1.14. The first kappa shape index (κ1) is 13.7. The lowest BCUT2D eigenvalue weighted by molar-refractivity contribution is 0.102. The Balaban J connectivity index is 2.28. The van der Waals surface area contributed by atoms with Gasteiger partial charge >= 0.3 is 0 Å². The molecule has 0 bridgehead atoms. The van der Waals surface area contributed by atoms with Crippen molar-refractivity contribution in [2.75, 3.05) is 12.4 Å². The van der Waals surface area contributed by atoms with Crippen LogP contribution in [0.4, 0.5) is 5.69 Å². The molecule has 0 spiro atoms. The third-order valence-corrected chi connectivity index (χ3v) is 3.19. The van der Waals surface area contributed by atoms with Crippen molar-refractivity contribution in [1.82, 2.24) is 0 Å². The second-order valence-corrected chi connectivity index (χ2v) is 5.04. The molecule has 0 aliphatic rings. The van der Waals surface area contributed by atoms with Crippen molar-refractivity contribution in [3.05, 3.63) is 45.8 Å². The summed E-state index contributed by atoms with van der Waals surface area (Å²) in [6.07, 6.45) is 0. The van der Waals surface area contributed by atoms with E-state index in [1.54, 1.807) is 32.2 Å². The Morgan fingerprint density at radius 1 is 1.32 bits per heavy atom. The molecule has 1 heterocycles. The number of ether oxygens (including phenoxy) is 1. The molecule has 0 aliphatic heterocycles. The molecule has 0 unspecified atom stereocenters. The molecule has 0 atom stereocenters. The van der Waals surface area contributed by atoms with Gasteiger partial charge in [0.05, 0.1) is 18.4 Å². The van der Waals surface area contributed by atoms with Crippen molar-refractivity contribution in [1.29, 1.82) is 0 Å². The Bertz CT molecular complexity index is 619. The number of aryl methyl sites for hydroxylation is 2. The van der Waals surface area contributed by atoms with Crippen molar-refractivity contribution < 1.29 is 13.9 Å². The molecular formula is C14H14BrNO3. The number of hydrogen-bond donors (Lipinski definition) is 1. The minimum atomic E-state index is -0.217. The summed E-state index contributed by atoms with van der Waals surface area (Å²) in [5, 5.41) is 2.82. The number of rotatable bonds is 3. The summed E-state index contributed by atoms with van der Waals surface area (Å²) >= 11 is 3.36. The van der Waals surface area contributed by atoms with Gasteiger partial charge in [-0.1, -0.05) is 15.9 Å². The molecule has 1 N–H and O–H groups in total. The van der Waals surface area contributed by atoms with E-state index < -0.39 is 0 Å². The highest BCUT2D eigenvalue weighted by Gasteiger charge is 2.15. The number of anilines is 1. The number of benzene rings is 1. The predicted molar refractivity (Wildman–Crippen MR) is 76.8 cm³/mol. The van der Waals surface area contributed by atoms with E-state index in [4.69, 9.17) is 9.15 Å². The van der Waals surface area contributed by atoms with Crippen LogP contribution in [0.2, 0.25) is 0 Å². The van der Waals surface area contributed by atoms with E-state index in [0.29, 0.717) is 28.5 Å². The van der Waals surface area contributed by atoms with Crippen LogP contribution in [-0.4, -0.2) is 13.0 Å². The average molecular weight is 324 g/mol. The fraction of sp³-hybridized carbons (Fsp3) is 0.214. The topological polar surface area (TPSA) is 51.5 Å². The standard InChI is InChI=1S/C14H14BrNO3/c1-8-6-11(9(2)19-8)14(17)16-12-7-10(15)4-5-13(12)18-3/h4-7H,1-3H3,(H,16,17). The summed E-state index contributed by atoms with van der Waals surface area (Å²) in [6, 6.07) is 7.14. The van der Waals surface area contributed by atoms with Crippen LogP contribution in [0.25, 0.3) is 0 Å². The zero-order valence-corrected chi connectivity index (χ0v) is 12.5. The van der Waals surface area contributed by atoms with Gasteiger partial charge in [-0.15, -0.1) is 0 Å². The number of hydrogen-bond acceptors (Lipinski definition) is 3. The monoisotopic (exact) mass is 323 g/mol. The first-order valence-corrected chi connectivity index (χ1v) is 6.52. The summed E-state index contributed by atoms with van der Waals surface area (Å²) < 4.78 is 11.4. The summed E-state index contributed by atoms with van der Waals surface area (Å²) in [4.78, 5) is 12.2. The summed E-state index contributed by atoms with van der Waals surface area (Å²) in [5.74, 6) is 1.70. The first-order valence-electron chi connectivity index (χ1n) is 5.73. The summed E-state index contributed by atoms with van der Waals surface area (Å²) in [7, 11) is 1.56. The molecule has 1 aromatic carbocycles. The van der Waals surface area contributed by atoms with Crippen molar-refractivity contribution in [2.24, 2.45) is 0 Å². The van der Waals surface area contributed by atoms with E-state index in [-0.39, 0.29) is 5.91 Å². The van der Waals surface area contributed by atoms with Gasteiger partial charge in [0.15, 0.2) is 0 Å². The molecule has 1 aromatic heterocycles. The van der Waals surface area contributed by atoms with Crippen molar-refractivity contribution in [2.45, 2.75) is 13.8 Å². The number of amides is 1. The van der Waals surface area contributed by atoms with Crippen LogP contribution in [0.1, 0.15) is 21.9 Å². The zero-order valence-electron chi connectivity index (χ0n) is 10.9. The number of nitrogens with one attached hydrogen (secondary N) is 1. The molecule has 1 amide bonds. The van der Waals surface area contributed by atoms with Crippen molar-refractivity contribution in [3.8, 4) is 5.75 Å². The summed E-state index contributed by atoms with van der Waals surface area (Å²) in [6.45, 7) is 3.57. The molecule has 0 fully saturated rings. The van der Waals surface area contributed by atoms with Crippen LogP contribution in [0, 0.1) is 13.8 Å². The predicted octanol–water partition coefficient (Wildman–Crippen LogP) is 3.92. The van der Waals surface area contributed by atoms with Gasteiger partial charge in [-0.2, -0.15) is 0 Å². The lowest BCUT2D eigenvalue weighted by atomic mass is 10.2. The first-order chi connectivity index (χ1) is 9.01. The lowest BCUT2D eigenvalue weighted by Crippen LogP contribution is -2.12. The van der Waals surface area contributed by atoms with Gasteiger partial charge in [0, 0.05) is 4.47 Å². The van der Waals surface area contributed by atoms with Gasteiger partial charge in [0.2, 0.25) is 0 Å². The third kappa shape index (κ3) is 2.98. The number of furan rings is 1. The Kier molecular flexibility index (Phi) is 3.95. The van der Waals surface area contributed by atoms with E-state index in [0.717, 1.165) is 4.47 Å². The van der Waals surface area contributed by atoms with Gasteiger partial charge in [-0.05, 0) is 38.1 Å². The minimum absolute atomic E-state index is 0.217. The van der Waals surface area contributed by atoms with Crippen LogP contribution < -0.4 is 10.1 Å². The average Bonchev–Trinajstić information content (AvgIpc) is 2.69. The quantitative estimate of drug-likeness (QED) is 0.931. The Morgan fingerprint density at radius 2 is 2.05 bits per heavy atom. The maximum atomic E-state index is 12.2. The fourth-order valence-corrected chi connectivity index (χ4v) is 2.18. The van der Waals surface area contributed by atoms with Gasteiger partial charge in [-0.3, -0.25) is 4.79 Å². The molecular weight excluding hydrogens is 310 g/mol. The van der Waals surface area contributed by atoms with E-state index >= 15 is 0 Å².